The second-order valence-electron chi connectivity index (χ2n) is 3.56. The Hall–Kier alpha value is -0.620. The molecule has 6 heteroatoms. The summed E-state index contributed by atoms with van der Waals surface area (Å²) in [5.41, 5.74) is 1.74. The van der Waals surface area contributed by atoms with Crippen molar-refractivity contribution < 1.29 is 9.90 Å². The molecule has 2 rings (SSSR count). The van der Waals surface area contributed by atoms with Crippen LogP contribution in [0.5, 0.6) is 0 Å². The molecule has 0 spiro atoms. The number of thioether (sulfide) groups is 1. The van der Waals surface area contributed by atoms with Gasteiger partial charge in [0, 0.05) is 5.75 Å². The molecule has 0 amide bonds. The lowest BCUT2D eigenvalue weighted by Gasteiger charge is -2.09. The molecule has 1 fully saturated rings. The van der Waals surface area contributed by atoms with Gasteiger partial charge in [-0.15, -0.1) is 10.2 Å². The monoisotopic (exact) mass is 230 g/mol. The molecular formula is C8H10N2O2S2. The van der Waals surface area contributed by atoms with Crippen LogP contribution in [0.2, 0.25) is 0 Å². The zero-order valence-corrected chi connectivity index (χ0v) is 9.11. The number of hydrogen-bond acceptors (Lipinski definition) is 5. The fraction of sp³-hybridized carbons (Fsp3) is 0.625. The van der Waals surface area contributed by atoms with E-state index in [1.807, 2.05) is 0 Å². The van der Waals surface area contributed by atoms with Crippen molar-refractivity contribution in [3.63, 3.8) is 0 Å². The average Bonchev–Trinajstić information content (AvgIpc) is 2.68. The average molecular weight is 230 g/mol. The zero-order chi connectivity index (χ0) is 10.0. The lowest BCUT2D eigenvalue weighted by atomic mass is 10.1. The molecule has 1 aliphatic carbocycles. The fourth-order valence-electron chi connectivity index (χ4n) is 1.31. The van der Waals surface area contributed by atoms with Crippen LogP contribution in [0.1, 0.15) is 19.3 Å². The first kappa shape index (κ1) is 9.92. The van der Waals surface area contributed by atoms with E-state index in [-0.39, 0.29) is 5.41 Å². The summed E-state index contributed by atoms with van der Waals surface area (Å²) in [6, 6.07) is 0. The Kier molecular flexibility index (Phi) is 2.73. The standard InChI is InChI=1S/C8H10N2O2S2/c11-6(12)3-8(1-2-8)4-13-7-10-9-5-14-7/h5H,1-4H2,(H,11,12). The van der Waals surface area contributed by atoms with Crippen LogP contribution < -0.4 is 0 Å². The second-order valence-corrected chi connectivity index (χ2v) is 5.62. The van der Waals surface area contributed by atoms with E-state index < -0.39 is 5.97 Å². The van der Waals surface area contributed by atoms with E-state index in [2.05, 4.69) is 10.2 Å². The first-order valence-electron chi connectivity index (χ1n) is 4.31. The minimum Gasteiger partial charge on any atom is -0.481 e. The Balaban J connectivity index is 1.83. The van der Waals surface area contributed by atoms with Crippen LogP contribution in [-0.2, 0) is 4.79 Å². The third-order valence-electron chi connectivity index (χ3n) is 2.33. The highest BCUT2D eigenvalue weighted by atomic mass is 32.2. The number of carboxylic acid groups (broad SMARTS) is 1. The zero-order valence-electron chi connectivity index (χ0n) is 7.47. The molecule has 1 N–H and O–H groups in total. The van der Waals surface area contributed by atoms with Gasteiger partial charge in [0.25, 0.3) is 0 Å². The number of aliphatic carboxylic acids is 1. The van der Waals surface area contributed by atoms with Crippen molar-refractivity contribution in [2.45, 2.75) is 23.6 Å². The highest BCUT2D eigenvalue weighted by Crippen LogP contribution is 2.51. The maximum absolute atomic E-state index is 10.6. The molecule has 1 aromatic rings. The Morgan fingerprint density at radius 2 is 2.50 bits per heavy atom. The number of carbonyl (C=O) groups is 1. The maximum Gasteiger partial charge on any atom is 0.303 e. The van der Waals surface area contributed by atoms with Crippen LogP contribution in [0.15, 0.2) is 9.85 Å². The largest absolute Gasteiger partial charge is 0.481 e. The molecule has 0 atom stereocenters. The van der Waals surface area contributed by atoms with E-state index in [4.69, 9.17) is 5.11 Å². The molecule has 0 bridgehead atoms. The summed E-state index contributed by atoms with van der Waals surface area (Å²) in [6.45, 7) is 0. The third-order valence-corrected chi connectivity index (χ3v) is 4.54. The van der Waals surface area contributed by atoms with Crippen LogP contribution in [0.25, 0.3) is 0 Å². The second kappa shape index (κ2) is 3.86. The normalized spacial score (nSPS) is 18.0. The van der Waals surface area contributed by atoms with E-state index >= 15 is 0 Å². The van der Waals surface area contributed by atoms with Crippen molar-refractivity contribution in [1.29, 1.82) is 0 Å². The number of hydrogen-bond donors (Lipinski definition) is 1. The quantitative estimate of drug-likeness (QED) is 0.782. The van der Waals surface area contributed by atoms with E-state index in [0.717, 1.165) is 22.9 Å². The molecule has 1 aromatic heterocycles. The van der Waals surface area contributed by atoms with Gasteiger partial charge >= 0.3 is 5.97 Å². The molecule has 0 saturated heterocycles. The number of aromatic nitrogens is 2. The molecule has 0 radical (unpaired) electrons. The van der Waals surface area contributed by atoms with Crippen LogP contribution in [-0.4, -0.2) is 27.0 Å². The van der Waals surface area contributed by atoms with E-state index in [0.29, 0.717) is 6.42 Å². The van der Waals surface area contributed by atoms with Gasteiger partial charge in [0.15, 0.2) is 4.34 Å². The van der Waals surface area contributed by atoms with E-state index in [9.17, 15) is 4.79 Å². The fourth-order valence-corrected chi connectivity index (χ4v) is 3.09. The summed E-state index contributed by atoms with van der Waals surface area (Å²) < 4.78 is 0.932. The van der Waals surface area contributed by atoms with Gasteiger partial charge in [-0.05, 0) is 18.3 Å². The van der Waals surface area contributed by atoms with Gasteiger partial charge in [0.05, 0.1) is 6.42 Å². The minimum atomic E-state index is -0.694. The Bertz CT molecular complexity index is 322. The summed E-state index contributed by atoms with van der Waals surface area (Å²) in [4.78, 5) is 10.6. The summed E-state index contributed by atoms with van der Waals surface area (Å²) in [7, 11) is 0. The maximum atomic E-state index is 10.6. The Morgan fingerprint density at radius 3 is 3.00 bits per heavy atom. The SMILES string of the molecule is O=C(O)CC1(CSc2nncs2)CC1. The van der Waals surface area contributed by atoms with Gasteiger partial charge in [-0.1, -0.05) is 23.1 Å². The predicted octanol–water partition coefficient (Wildman–Crippen LogP) is 1.89. The molecule has 1 aliphatic rings. The van der Waals surface area contributed by atoms with Crippen molar-refractivity contribution >= 4 is 29.1 Å². The van der Waals surface area contributed by atoms with Crippen molar-refractivity contribution in [1.82, 2.24) is 10.2 Å². The molecule has 1 saturated carbocycles. The van der Waals surface area contributed by atoms with Crippen LogP contribution in [0.4, 0.5) is 0 Å². The molecular weight excluding hydrogens is 220 g/mol. The van der Waals surface area contributed by atoms with Gasteiger partial charge in [-0.2, -0.15) is 0 Å². The van der Waals surface area contributed by atoms with Crippen LogP contribution in [0.3, 0.4) is 0 Å². The first-order chi connectivity index (χ1) is 6.70. The van der Waals surface area contributed by atoms with Crippen molar-refractivity contribution in [3.05, 3.63) is 5.51 Å². The van der Waals surface area contributed by atoms with E-state index in [1.165, 1.54) is 11.3 Å². The molecule has 76 valence electrons. The van der Waals surface area contributed by atoms with Gasteiger partial charge in [-0.25, -0.2) is 0 Å². The predicted molar refractivity (Wildman–Crippen MR) is 54.6 cm³/mol. The molecule has 0 aliphatic heterocycles. The minimum absolute atomic E-state index is 0.0438. The Morgan fingerprint density at radius 1 is 1.71 bits per heavy atom. The summed E-state index contributed by atoms with van der Waals surface area (Å²) >= 11 is 3.12. The third kappa shape index (κ3) is 2.45. The van der Waals surface area contributed by atoms with Crippen LogP contribution >= 0.6 is 23.1 Å². The highest BCUT2D eigenvalue weighted by Gasteiger charge is 2.44. The number of nitrogens with zero attached hydrogens (tertiary/aromatic N) is 2. The number of rotatable bonds is 5. The van der Waals surface area contributed by atoms with Gasteiger partial charge < -0.3 is 5.11 Å². The highest BCUT2D eigenvalue weighted by molar-refractivity contribution is 8.01. The molecule has 4 nitrogen and oxygen atoms in total. The smallest absolute Gasteiger partial charge is 0.303 e. The van der Waals surface area contributed by atoms with E-state index in [1.54, 1.807) is 17.3 Å². The lowest BCUT2D eigenvalue weighted by molar-refractivity contribution is -0.138. The van der Waals surface area contributed by atoms with Gasteiger partial charge in [0.2, 0.25) is 0 Å². The molecule has 1 heterocycles. The van der Waals surface area contributed by atoms with Crippen molar-refractivity contribution in [3.8, 4) is 0 Å². The van der Waals surface area contributed by atoms with Gasteiger partial charge in [-0.3, -0.25) is 4.79 Å². The number of carboxylic acids is 1. The van der Waals surface area contributed by atoms with Crippen molar-refractivity contribution in [2.75, 3.05) is 5.75 Å². The molecule has 0 aromatic carbocycles. The van der Waals surface area contributed by atoms with Crippen LogP contribution in [0, 0.1) is 5.41 Å². The molecule has 0 unspecified atom stereocenters. The van der Waals surface area contributed by atoms with Gasteiger partial charge in [0.1, 0.15) is 5.51 Å². The van der Waals surface area contributed by atoms with Crippen molar-refractivity contribution in [2.24, 2.45) is 5.41 Å². The molecule has 14 heavy (non-hydrogen) atoms. The lowest BCUT2D eigenvalue weighted by Crippen LogP contribution is -2.10. The summed E-state index contributed by atoms with van der Waals surface area (Å²) in [6.07, 6.45) is 2.36. The first-order valence-corrected chi connectivity index (χ1v) is 6.18. The summed E-state index contributed by atoms with van der Waals surface area (Å²) in [5, 5.41) is 16.4. The Labute approximate surface area is 89.7 Å². The topological polar surface area (TPSA) is 63.1 Å². The summed E-state index contributed by atoms with van der Waals surface area (Å²) in [5.74, 6) is 0.162.